The Labute approximate surface area is 242 Å². The molecule has 0 aromatic heterocycles. The van der Waals surface area contributed by atoms with Crippen LogP contribution in [0.15, 0.2) is 51.8 Å². The third-order valence-electron chi connectivity index (χ3n) is 7.61. The summed E-state index contributed by atoms with van der Waals surface area (Å²) in [6.07, 6.45) is 6.67. The van der Waals surface area contributed by atoms with Crippen molar-refractivity contribution in [3.8, 4) is 11.5 Å². The zero-order valence-corrected chi connectivity index (χ0v) is 24.9. The second-order valence-electron chi connectivity index (χ2n) is 10.5. The highest BCUT2D eigenvalue weighted by Crippen LogP contribution is 2.38. The van der Waals surface area contributed by atoms with Crippen molar-refractivity contribution in [2.75, 3.05) is 26.8 Å². The van der Waals surface area contributed by atoms with Gasteiger partial charge in [-0.25, -0.2) is 8.42 Å². The zero-order chi connectivity index (χ0) is 28.9. The molecule has 1 aliphatic carbocycles. The van der Waals surface area contributed by atoms with Crippen LogP contribution in [0, 0.1) is 5.92 Å². The number of sulfonamides is 1. The van der Waals surface area contributed by atoms with Crippen molar-refractivity contribution in [2.45, 2.75) is 67.8 Å². The monoisotopic (exact) mass is 643 g/mol. The van der Waals surface area contributed by atoms with E-state index >= 15 is 8.78 Å². The van der Waals surface area contributed by atoms with Gasteiger partial charge >= 0.3 is 0 Å². The Morgan fingerprint density at radius 1 is 1.10 bits per heavy atom. The van der Waals surface area contributed by atoms with Gasteiger partial charge in [-0.1, -0.05) is 25.3 Å². The van der Waals surface area contributed by atoms with E-state index in [0.717, 1.165) is 25.0 Å². The third-order valence-corrected chi connectivity index (χ3v) is 9.71. The smallest absolute Gasteiger partial charge is 0.298 e. The molecule has 1 amide bonds. The minimum Gasteiger partial charge on any atom is -0.496 e. The van der Waals surface area contributed by atoms with Gasteiger partial charge in [0.2, 0.25) is 15.9 Å². The van der Waals surface area contributed by atoms with Crippen molar-refractivity contribution < 1.29 is 31.5 Å². The summed E-state index contributed by atoms with van der Waals surface area (Å²) in [5, 5.41) is 0. The molecule has 40 heavy (non-hydrogen) atoms. The van der Waals surface area contributed by atoms with E-state index in [-0.39, 0.29) is 29.8 Å². The molecule has 2 aliphatic rings. The van der Waals surface area contributed by atoms with Crippen molar-refractivity contribution in [1.82, 2.24) is 9.62 Å². The molecule has 3 N–H and O–H groups in total. The average molecular weight is 645 g/mol. The summed E-state index contributed by atoms with van der Waals surface area (Å²) < 4.78 is 72.2. The largest absolute Gasteiger partial charge is 0.496 e. The molecule has 1 saturated carbocycles. The Bertz CT molecular complexity index is 1270. The molecule has 4 rings (SSSR count). The van der Waals surface area contributed by atoms with Crippen molar-refractivity contribution in [1.29, 1.82) is 0 Å². The molecule has 1 saturated heterocycles. The molecule has 8 nitrogen and oxygen atoms in total. The highest BCUT2D eigenvalue weighted by atomic mass is 79.9. The molecule has 0 bridgehead atoms. The molecule has 12 heteroatoms. The molecule has 0 spiro atoms. The summed E-state index contributed by atoms with van der Waals surface area (Å²) in [5.74, 6) is -3.84. The number of rotatable bonds is 10. The summed E-state index contributed by atoms with van der Waals surface area (Å²) in [6.45, 7) is 0.860. The SMILES string of the molecule is COc1cc(C(F)(F)[C@@H](NS(=O)(=O)c2ccc(OCC3CCCCC3)cc2)C(=O)N2CCC(N)CC2)ccc1Br. The summed E-state index contributed by atoms with van der Waals surface area (Å²) >= 11 is 3.23. The maximum atomic E-state index is 16.0. The predicted molar refractivity (Wildman–Crippen MR) is 151 cm³/mol. The summed E-state index contributed by atoms with van der Waals surface area (Å²) in [7, 11) is -3.19. The van der Waals surface area contributed by atoms with Crippen LogP contribution in [0.4, 0.5) is 8.78 Å². The number of nitrogens with one attached hydrogen (secondary N) is 1. The Morgan fingerprint density at radius 3 is 2.38 bits per heavy atom. The van der Waals surface area contributed by atoms with E-state index in [1.54, 1.807) is 0 Å². The van der Waals surface area contributed by atoms with Crippen molar-refractivity contribution in [2.24, 2.45) is 11.7 Å². The van der Waals surface area contributed by atoms with Gasteiger partial charge in [-0.15, -0.1) is 0 Å². The van der Waals surface area contributed by atoms with E-state index in [0.29, 0.717) is 35.6 Å². The molecule has 1 atom stereocenters. The second-order valence-corrected chi connectivity index (χ2v) is 13.0. The molecular formula is C28H36BrF2N3O5S. The van der Waals surface area contributed by atoms with Gasteiger partial charge in [0.05, 0.1) is 23.1 Å². The van der Waals surface area contributed by atoms with Crippen LogP contribution in [0.1, 0.15) is 50.5 Å². The van der Waals surface area contributed by atoms with E-state index in [1.165, 1.54) is 61.6 Å². The number of piperidine rings is 1. The molecule has 0 unspecified atom stereocenters. The zero-order valence-electron chi connectivity index (χ0n) is 22.5. The summed E-state index contributed by atoms with van der Waals surface area (Å²) in [6, 6.07) is 6.63. The minimum absolute atomic E-state index is 0.124. The van der Waals surface area contributed by atoms with Gasteiger partial charge in [0.1, 0.15) is 11.5 Å². The van der Waals surface area contributed by atoms with Gasteiger partial charge < -0.3 is 20.1 Å². The van der Waals surface area contributed by atoms with Gasteiger partial charge in [0.15, 0.2) is 6.04 Å². The van der Waals surface area contributed by atoms with Crippen molar-refractivity contribution in [3.63, 3.8) is 0 Å². The first-order valence-corrected chi connectivity index (χ1v) is 15.8. The van der Waals surface area contributed by atoms with E-state index in [9.17, 15) is 13.2 Å². The maximum Gasteiger partial charge on any atom is 0.298 e. The maximum absolute atomic E-state index is 16.0. The van der Waals surface area contributed by atoms with E-state index < -0.39 is 33.5 Å². The number of hydrogen-bond acceptors (Lipinski definition) is 6. The first-order valence-electron chi connectivity index (χ1n) is 13.5. The number of alkyl halides is 2. The molecule has 220 valence electrons. The standard InChI is InChI=1S/C28H36BrF2N3O5S/c1-38-25-17-20(7-12-24(25)29)28(30,31)26(27(35)34-15-13-21(32)14-16-34)33-40(36,37)23-10-8-22(9-11-23)39-18-19-5-3-2-4-6-19/h7-12,17,19,21,26,33H,2-6,13-16,18,32H2,1H3/t26-/m0/s1. The lowest BCUT2D eigenvalue weighted by atomic mass is 9.90. The van der Waals surface area contributed by atoms with E-state index in [4.69, 9.17) is 15.2 Å². The van der Waals surface area contributed by atoms with Crippen LogP contribution in [0.5, 0.6) is 11.5 Å². The number of halogens is 3. The number of hydrogen-bond donors (Lipinski definition) is 2. The minimum atomic E-state index is -4.52. The number of ether oxygens (including phenoxy) is 2. The first kappa shape index (κ1) is 30.7. The molecule has 2 aromatic carbocycles. The Morgan fingerprint density at radius 2 is 1.75 bits per heavy atom. The lowest BCUT2D eigenvalue weighted by molar-refractivity contribution is -0.145. The fourth-order valence-electron chi connectivity index (χ4n) is 5.12. The number of methoxy groups -OCH3 is 1. The van der Waals surface area contributed by atoms with Crippen molar-refractivity contribution >= 4 is 31.9 Å². The molecule has 1 aliphatic heterocycles. The number of carbonyl (C=O) groups is 1. The van der Waals surface area contributed by atoms with Crippen LogP contribution in [0.2, 0.25) is 0 Å². The number of nitrogens with two attached hydrogens (primary N) is 1. The lowest BCUT2D eigenvalue weighted by Crippen LogP contribution is -2.58. The first-order chi connectivity index (χ1) is 19.0. The fraction of sp³-hybridized carbons (Fsp3) is 0.536. The van der Waals surface area contributed by atoms with Crippen LogP contribution >= 0.6 is 15.9 Å². The van der Waals surface area contributed by atoms with Crippen LogP contribution in [-0.2, 0) is 20.7 Å². The van der Waals surface area contributed by atoms with E-state index in [2.05, 4.69) is 15.9 Å². The highest BCUT2D eigenvalue weighted by molar-refractivity contribution is 9.10. The van der Waals surface area contributed by atoms with Crippen LogP contribution < -0.4 is 19.9 Å². The topological polar surface area (TPSA) is 111 Å². The number of benzene rings is 2. The number of amides is 1. The Kier molecular flexibility index (Phi) is 10.1. The van der Waals surface area contributed by atoms with Crippen molar-refractivity contribution in [3.05, 3.63) is 52.5 Å². The predicted octanol–water partition coefficient (Wildman–Crippen LogP) is 4.81. The summed E-state index contributed by atoms with van der Waals surface area (Å²) in [4.78, 5) is 14.5. The third kappa shape index (κ3) is 7.32. The molecular weight excluding hydrogens is 608 g/mol. The number of carbonyl (C=O) groups excluding carboxylic acids is 1. The number of nitrogens with zero attached hydrogens (tertiary/aromatic N) is 1. The molecule has 2 fully saturated rings. The highest BCUT2D eigenvalue weighted by Gasteiger charge is 2.50. The number of likely N-dealkylation sites (tertiary alicyclic amines) is 1. The Balaban J connectivity index is 1.57. The molecule has 1 heterocycles. The Hall–Kier alpha value is -2.28. The van der Waals surface area contributed by atoms with Gasteiger partial charge in [-0.3, -0.25) is 4.79 Å². The summed E-state index contributed by atoms with van der Waals surface area (Å²) in [5.41, 5.74) is 5.36. The van der Waals surface area contributed by atoms with Gasteiger partial charge in [-0.2, -0.15) is 13.5 Å². The average Bonchev–Trinajstić information content (AvgIpc) is 2.95. The lowest BCUT2D eigenvalue weighted by Gasteiger charge is -2.35. The second kappa shape index (κ2) is 13.1. The molecule has 2 aromatic rings. The van der Waals surface area contributed by atoms with Crippen LogP contribution in [0.3, 0.4) is 0 Å². The quantitative estimate of drug-likeness (QED) is 0.385. The van der Waals surface area contributed by atoms with Gasteiger partial charge in [0.25, 0.3) is 5.92 Å². The van der Waals surface area contributed by atoms with Crippen LogP contribution in [-0.4, -0.2) is 58.1 Å². The fourth-order valence-corrected chi connectivity index (χ4v) is 6.72. The van der Waals surface area contributed by atoms with Gasteiger partial charge in [0, 0.05) is 24.7 Å². The van der Waals surface area contributed by atoms with Crippen LogP contribution in [0.25, 0.3) is 0 Å². The normalized spacial score (nSPS) is 18.4. The molecule has 0 radical (unpaired) electrons. The van der Waals surface area contributed by atoms with Gasteiger partial charge in [-0.05, 0) is 83.9 Å². The van der Waals surface area contributed by atoms with E-state index in [1.807, 2.05) is 4.72 Å².